The van der Waals surface area contributed by atoms with Crippen molar-refractivity contribution in [1.29, 1.82) is 0 Å². The van der Waals surface area contributed by atoms with Gasteiger partial charge in [-0.15, -0.1) is 0 Å². The molecular formula is C28H21FN2O5. The monoisotopic (exact) mass is 484 g/mol. The number of hydrogen-bond donors (Lipinski definition) is 2. The lowest BCUT2D eigenvalue weighted by molar-refractivity contribution is -0.384. The third-order valence-electron chi connectivity index (χ3n) is 5.60. The zero-order valence-electron chi connectivity index (χ0n) is 19.0. The Kier molecular flexibility index (Phi) is 7.15. The third-order valence-corrected chi connectivity index (χ3v) is 5.60. The zero-order chi connectivity index (χ0) is 25.7. The predicted octanol–water partition coefficient (Wildman–Crippen LogP) is 5.87. The molecule has 0 spiro atoms. The predicted molar refractivity (Wildman–Crippen MR) is 133 cm³/mol. The minimum absolute atomic E-state index is 0.0329. The molecule has 0 atom stereocenters. The lowest BCUT2D eigenvalue weighted by Gasteiger charge is -2.13. The van der Waals surface area contributed by atoms with Gasteiger partial charge in [0.2, 0.25) is 0 Å². The maximum Gasteiger partial charge on any atom is 0.335 e. The highest BCUT2D eigenvalue weighted by Gasteiger charge is 2.15. The van der Waals surface area contributed by atoms with Gasteiger partial charge in [-0.25, -0.2) is 9.18 Å². The normalized spacial score (nSPS) is 10.6. The standard InChI is InChI=1S/C28H21FN2O5/c29-24-8-2-5-19(15-24)12-18-4-1-7-21(13-18)27(32)30-26-11-10-22(28(33)34)17-23(26)14-20-6-3-9-25(16-20)31(35)36/h1-11,13,15-17H,12,14H2,(H,30,32)(H,33,34). The van der Waals surface area contributed by atoms with E-state index >= 15 is 0 Å². The third kappa shape index (κ3) is 5.98. The molecule has 0 aromatic heterocycles. The van der Waals surface area contributed by atoms with Gasteiger partial charge in [-0.2, -0.15) is 0 Å². The number of carbonyl (C=O) groups is 2. The van der Waals surface area contributed by atoms with Gasteiger partial charge in [0.05, 0.1) is 10.5 Å². The van der Waals surface area contributed by atoms with Crippen molar-refractivity contribution < 1.29 is 24.0 Å². The number of non-ortho nitro benzene ring substituents is 1. The minimum Gasteiger partial charge on any atom is -0.478 e. The molecule has 0 aliphatic heterocycles. The van der Waals surface area contributed by atoms with Gasteiger partial charge in [-0.1, -0.05) is 36.4 Å². The van der Waals surface area contributed by atoms with Crippen molar-refractivity contribution in [3.05, 3.63) is 140 Å². The van der Waals surface area contributed by atoms with Crippen LogP contribution in [-0.4, -0.2) is 21.9 Å². The molecular weight excluding hydrogens is 463 g/mol. The Bertz CT molecular complexity index is 1470. The van der Waals surface area contributed by atoms with Gasteiger partial charge in [0.1, 0.15) is 5.82 Å². The lowest BCUT2D eigenvalue weighted by atomic mass is 9.99. The number of carboxylic acid groups (broad SMARTS) is 1. The van der Waals surface area contributed by atoms with Crippen LogP contribution in [0.15, 0.2) is 91.0 Å². The van der Waals surface area contributed by atoms with Gasteiger partial charge in [-0.3, -0.25) is 14.9 Å². The molecule has 4 rings (SSSR count). The van der Waals surface area contributed by atoms with E-state index in [2.05, 4.69) is 5.32 Å². The van der Waals surface area contributed by atoms with E-state index in [4.69, 9.17) is 0 Å². The van der Waals surface area contributed by atoms with Gasteiger partial charge in [0, 0.05) is 23.4 Å². The second-order valence-electron chi connectivity index (χ2n) is 8.24. The fourth-order valence-electron chi connectivity index (χ4n) is 3.89. The van der Waals surface area contributed by atoms with Crippen molar-refractivity contribution in [2.75, 3.05) is 5.32 Å². The summed E-state index contributed by atoms with van der Waals surface area (Å²) in [6.45, 7) is 0. The molecule has 0 aliphatic rings. The lowest BCUT2D eigenvalue weighted by Crippen LogP contribution is -2.14. The van der Waals surface area contributed by atoms with Crippen molar-refractivity contribution in [2.24, 2.45) is 0 Å². The number of nitrogens with zero attached hydrogens (tertiary/aromatic N) is 1. The van der Waals surface area contributed by atoms with Gasteiger partial charge >= 0.3 is 5.97 Å². The Balaban J connectivity index is 1.59. The molecule has 0 aliphatic carbocycles. The first-order valence-electron chi connectivity index (χ1n) is 11.0. The van der Waals surface area contributed by atoms with Crippen LogP contribution < -0.4 is 5.32 Å². The number of halogens is 1. The van der Waals surface area contributed by atoms with Crippen molar-refractivity contribution >= 4 is 23.3 Å². The topological polar surface area (TPSA) is 110 Å². The summed E-state index contributed by atoms with van der Waals surface area (Å²) in [5, 5.41) is 23.4. The largest absolute Gasteiger partial charge is 0.478 e. The second kappa shape index (κ2) is 10.6. The molecule has 0 radical (unpaired) electrons. The summed E-state index contributed by atoms with van der Waals surface area (Å²) in [6.07, 6.45) is 0.627. The summed E-state index contributed by atoms with van der Waals surface area (Å²) in [5.41, 5.74) is 3.43. The Hall–Kier alpha value is -4.85. The number of carboxylic acids is 1. The fraction of sp³-hybridized carbons (Fsp3) is 0.0714. The van der Waals surface area contributed by atoms with Crippen molar-refractivity contribution in [3.63, 3.8) is 0 Å². The van der Waals surface area contributed by atoms with E-state index < -0.39 is 16.8 Å². The van der Waals surface area contributed by atoms with E-state index in [1.807, 2.05) is 6.07 Å². The Morgan fingerprint density at radius 1 is 0.806 bits per heavy atom. The van der Waals surface area contributed by atoms with Gasteiger partial charge in [0.25, 0.3) is 11.6 Å². The van der Waals surface area contributed by atoms with Crippen molar-refractivity contribution in [2.45, 2.75) is 12.8 Å². The first-order valence-corrected chi connectivity index (χ1v) is 11.0. The number of nitro groups is 1. The number of aromatic carboxylic acids is 1. The highest BCUT2D eigenvalue weighted by molar-refractivity contribution is 6.05. The molecule has 0 unspecified atom stereocenters. The zero-order valence-corrected chi connectivity index (χ0v) is 19.0. The molecule has 4 aromatic rings. The van der Waals surface area contributed by atoms with E-state index in [1.165, 1.54) is 42.5 Å². The fourth-order valence-corrected chi connectivity index (χ4v) is 3.89. The van der Waals surface area contributed by atoms with Crippen molar-refractivity contribution in [3.8, 4) is 0 Å². The molecule has 4 aromatic carbocycles. The molecule has 0 bridgehead atoms. The number of nitro benzene ring substituents is 1. The first kappa shape index (κ1) is 24.3. The van der Waals surface area contributed by atoms with Crippen LogP contribution in [0.5, 0.6) is 0 Å². The highest BCUT2D eigenvalue weighted by atomic mass is 19.1. The average molecular weight is 484 g/mol. The van der Waals surface area contributed by atoms with Gasteiger partial charge in [-0.05, 0) is 77.6 Å². The molecule has 36 heavy (non-hydrogen) atoms. The quantitative estimate of drug-likeness (QED) is 0.240. The summed E-state index contributed by atoms with van der Waals surface area (Å²) in [5.74, 6) is -1.86. The smallest absolute Gasteiger partial charge is 0.335 e. The summed E-state index contributed by atoms with van der Waals surface area (Å²) >= 11 is 0. The van der Waals surface area contributed by atoms with Gasteiger partial charge in [0.15, 0.2) is 0 Å². The van der Waals surface area contributed by atoms with Crippen LogP contribution in [0.1, 0.15) is 43.0 Å². The van der Waals surface area contributed by atoms with E-state index in [0.29, 0.717) is 28.8 Å². The van der Waals surface area contributed by atoms with Crippen LogP contribution in [0.3, 0.4) is 0 Å². The van der Waals surface area contributed by atoms with Crippen LogP contribution in [-0.2, 0) is 12.8 Å². The average Bonchev–Trinajstić information content (AvgIpc) is 2.85. The number of anilines is 1. The molecule has 180 valence electrons. The number of amides is 1. The summed E-state index contributed by atoms with van der Waals surface area (Å²) in [4.78, 5) is 35.2. The number of benzene rings is 4. The summed E-state index contributed by atoms with van der Waals surface area (Å²) in [6, 6.07) is 23.6. The molecule has 1 amide bonds. The minimum atomic E-state index is -1.13. The van der Waals surface area contributed by atoms with E-state index in [1.54, 1.807) is 42.5 Å². The number of nitrogens with one attached hydrogen (secondary N) is 1. The highest BCUT2D eigenvalue weighted by Crippen LogP contribution is 2.24. The number of rotatable bonds is 8. The second-order valence-corrected chi connectivity index (χ2v) is 8.24. The molecule has 0 saturated carbocycles. The number of carbonyl (C=O) groups excluding carboxylic acids is 1. The summed E-state index contributed by atoms with van der Waals surface area (Å²) < 4.78 is 13.5. The molecule has 8 heteroatoms. The molecule has 0 fully saturated rings. The van der Waals surface area contributed by atoms with Crippen LogP contribution in [0.2, 0.25) is 0 Å². The Morgan fingerprint density at radius 2 is 1.47 bits per heavy atom. The SMILES string of the molecule is O=C(O)c1ccc(NC(=O)c2cccc(Cc3cccc(F)c3)c2)c(Cc2cccc([N+](=O)[O-])c2)c1. The maximum absolute atomic E-state index is 13.5. The Labute approximate surface area is 206 Å². The molecule has 0 heterocycles. The maximum atomic E-state index is 13.5. The van der Waals surface area contributed by atoms with E-state index in [-0.39, 0.29) is 23.5 Å². The van der Waals surface area contributed by atoms with E-state index in [9.17, 15) is 29.2 Å². The first-order chi connectivity index (χ1) is 17.3. The molecule has 7 nitrogen and oxygen atoms in total. The van der Waals surface area contributed by atoms with Crippen LogP contribution in [0.25, 0.3) is 0 Å². The van der Waals surface area contributed by atoms with Gasteiger partial charge < -0.3 is 10.4 Å². The summed E-state index contributed by atoms with van der Waals surface area (Å²) in [7, 11) is 0. The van der Waals surface area contributed by atoms with Crippen LogP contribution in [0.4, 0.5) is 15.8 Å². The molecule has 2 N–H and O–H groups in total. The number of hydrogen-bond acceptors (Lipinski definition) is 4. The molecule has 0 saturated heterocycles. The van der Waals surface area contributed by atoms with Crippen molar-refractivity contribution in [1.82, 2.24) is 0 Å². The van der Waals surface area contributed by atoms with E-state index in [0.717, 1.165) is 11.1 Å². The van der Waals surface area contributed by atoms with Crippen LogP contribution in [0, 0.1) is 15.9 Å². The Morgan fingerprint density at radius 3 is 2.17 bits per heavy atom. The van der Waals surface area contributed by atoms with Crippen LogP contribution >= 0.6 is 0 Å².